The first kappa shape index (κ1) is 14.9. The molecule has 0 radical (unpaired) electrons. The third-order valence-corrected chi connectivity index (χ3v) is 2.32. The Labute approximate surface area is 93.8 Å². The fourth-order valence-corrected chi connectivity index (χ4v) is 1.31. The van der Waals surface area contributed by atoms with Gasteiger partial charge in [-0.15, -0.1) is 0 Å². The Morgan fingerprint density at radius 2 is 1.73 bits per heavy atom. The smallest absolute Gasteiger partial charge is 0.189 e. The van der Waals surface area contributed by atoms with Crippen LogP contribution in [0.4, 0.5) is 0 Å². The van der Waals surface area contributed by atoms with Gasteiger partial charge in [-0.2, -0.15) is 0 Å². The van der Waals surface area contributed by atoms with Crippen molar-refractivity contribution < 1.29 is 14.6 Å². The monoisotopic (exact) mass is 218 g/mol. The van der Waals surface area contributed by atoms with E-state index in [9.17, 15) is 5.11 Å². The normalized spacial score (nSPS) is 15.2. The highest BCUT2D eigenvalue weighted by atomic mass is 16.6. The molecule has 0 aromatic carbocycles. The number of rotatable bonds is 10. The van der Waals surface area contributed by atoms with Crippen LogP contribution in [0.3, 0.4) is 0 Å². The maximum Gasteiger partial charge on any atom is 0.189 e. The van der Waals surface area contributed by atoms with Crippen LogP contribution in [0.1, 0.15) is 52.9 Å². The quantitative estimate of drug-likeness (QED) is 0.452. The summed E-state index contributed by atoms with van der Waals surface area (Å²) in [6.07, 6.45) is 4.76. The summed E-state index contributed by atoms with van der Waals surface area (Å²) in [4.78, 5) is 0. The zero-order valence-electron chi connectivity index (χ0n) is 10.4. The van der Waals surface area contributed by atoms with Crippen LogP contribution in [-0.4, -0.2) is 30.7 Å². The van der Waals surface area contributed by atoms with Crippen molar-refractivity contribution >= 4 is 0 Å². The Kier molecular flexibility index (Phi) is 9.06. The Balaban J connectivity index is 3.89. The van der Waals surface area contributed by atoms with E-state index in [0.29, 0.717) is 19.6 Å². The Morgan fingerprint density at radius 1 is 1.07 bits per heavy atom. The lowest BCUT2D eigenvalue weighted by atomic mass is 10.1. The van der Waals surface area contributed by atoms with Gasteiger partial charge in [-0.1, -0.05) is 26.7 Å². The molecule has 0 bridgehead atoms. The molecule has 1 unspecified atom stereocenters. The summed E-state index contributed by atoms with van der Waals surface area (Å²) in [5.74, 6) is -1.07. The Morgan fingerprint density at radius 3 is 2.27 bits per heavy atom. The molecule has 0 aromatic rings. The number of hydrogen-bond acceptors (Lipinski definition) is 3. The number of unbranched alkanes of at least 4 members (excludes halogenated alkanes) is 2. The standard InChI is InChI=1S/C12H26O3/c1-4-7-9-12(13,11-14-6-3)15-10-8-5-2/h13H,4-11H2,1-3H3. The number of hydrogen-bond donors (Lipinski definition) is 1. The SMILES string of the molecule is CCCCOC(O)(CCCC)COCC. The van der Waals surface area contributed by atoms with Crippen molar-refractivity contribution in [2.75, 3.05) is 19.8 Å². The van der Waals surface area contributed by atoms with E-state index in [1.807, 2.05) is 6.92 Å². The van der Waals surface area contributed by atoms with Gasteiger partial charge in [0.15, 0.2) is 5.79 Å². The molecule has 0 rings (SSSR count). The van der Waals surface area contributed by atoms with Gasteiger partial charge in [0, 0.05) is 13.0 Å². The molecule has 0 aliphatic rings. The van der Waals surface area contributed by atoms with Crippen LogP contribution in [0, 0.1) is 0 Å². The molecule has 0 aliphatic heterocycles. The molecule has 0 saturated heterocycles. The van der Waals surface area contributed by atoms with Crippen LogP contribution >= 0.6 is 0 Å². The summed E-state index contributed by atoms with van der Waals surface area (Å²) in [6, 6.07) is 0. The van der Waals surface area contributed by atoms with E-state index in [-0.39, 0.29) is 6.61 Å². The van der Waals surface area contributed by atoms with E-state index in [4.69, 9.17) is 9.47 Å². The predicted molar refractivity (Wildman–Crippen MR) is 61.8 cm³/mol. The van der Waals surface area contributed by atoms with Gasteiger partial charge in [0.25, 0.3) is 0 Å². The largest absolute Gasteiger partial charge is 0.376 e. The summed E-state index contributed by atoms with van der Waals surface area (Å²) in [6.45, 7) is 7.65. The van der Waals surface area contributed by atoms with Crippen molar-refractivity contribution in [2.24, 2.45) is 0 Å². The second-order valence-corrected chi connectivity index (χ2v) is 3.89. The van der Waals surface area contributed by atoms with Crippen molar-refractivity contribution in [2.45, 2.75) is 58.7 Å². The zero-order valence-corrected chi connectivity index (χ0v) is 10.4. The van der Waals surface area contributed by atoms with Gasteiger partial charge in [0.2, 0.25) is 0 Å². The van der Waals surface area contributed by atoms with Gasteiger partial charge in [-0.3, -0.25) is 0 Å². The maximum absolute atomic E-state index is 10.2. The van der Waals surface area contributed by atoms with Crippen LogP contribution in [0.5, 0.6) is 0 Å². The van der Waals surface area contributed by atoms with Crippen molar-refractivity contribution in [1.29, 1.82) is 0 Å². The van der Waals surface area contributed by atoms with Crippen LogP contribution in [0.25, 0.3) is 0 Å². The molecule has 3 nitrogen and oxygen atoms in total. The molecule has 0 amide bonds. The van der Waals surface area contributed by atoms with Gasteiger partial charge < -0.3 is 14.6 Å². The second-order valence-electron chi connectivity index (χ2n) is 3.89. The Hall–Kier alpha value is -0.120. The molecule has 0 saturated carbocycles. The highest BCUT2D eigenvalue weighted by Crippen LogP contribution is 2.17. The van der Waals surface area contributed by atoms with E-state index >= 15 is 0 Å². The van der Waals surface area contributed by atoms with E-state index in [1.54, 1.807) is 0 Å². The molecule has 0 heterocycles. The molecule has 15 heavy (non-hydrogen) atoms. The lowest BCUT2D eigenvalue weighted by molar-refractivity contribution is -0.236. The van der Waals surface area contributed by atoms with E-state index < -0.39 is 5.79 Å². The summed E-state index contributed by atoms with van der Waals surface area (Å²) in [5.41, 5.74) is 0. The first-order valence-corrected chi connectivity index (χ1v) is 6.12. The minimum Gasteiger partial charge on any atom is -0.376 e. The molecular formula is C12H26O3. The summed E-state index contributed by atoms with van der Waals surface area (Å²) < 4.78 is 10.8. The van der Waals surface area contributed by atoms with Gasteiger partial charge >= 0.3 is 0 Å². The van der Waals surface area contributed by atoms with Crippen LogP contribution < -0.4 is 0 Å². The molecular weight excluding hydrogens is 192 g/mol. The first-order chi connectivity index (χ1) is 7.18. The topological polar surface area (TPSA) is 38.7 Å². The summed E-state index contributed by atoms with van der Waals surface area (Å²) in [5, 5.41) is 10.2. The van der Waals surface area contributed by atoms with E-state index in [1.165, 1.54) is 0 Å². The highest BCUT2D eigenvalue weighted by molar-refractivity contribution is 4.66. The number of aliphatic hydroxyl groups is 1. The average molecular weight is 218 g/mol. The molecule has 0 aliphatic carbocycles. The summed E-state index contributed by atoms with van der Waals surface area (Å²) in [7, 11) is 0. The fourth-order valence-electron chi connectivity index (χ4n) is 1.31. The Bertz CT molecular complexity index is 129. The predicted octanol–water partition coefficient (Wildman–Crippen LogP) is 2.72. The van der Waals surface area contributed by atoms with Crippen LogP contribution in [-0.2, 0) is 9.47 Å². The minimum absolute atomic E-state index is 0.285. The molecule has 92 valence electrons. The van der Waals surface area contributed by atoms with Gasteiger partial charge in [0.1, 0.15) is 6.61 Å². The third-order valence-electron chi connectivity index (χ3n) is 2.32. The minimum atomic E-state index is -1.07. The lowest BCUT2D eigenvalue weighted by Gasteiger charge is -2.28. The van der Waals surface area contributed by atoms with Gasteiger partial charge in [-0.05, 0) is 19.8 Å². The third kappa shape index (κ3) is 7.77. The van der Waals surface area contributed by atoms with Crippen molar-refractivity contribution in [3.8, 4) is 0 Å². The highest BCUT2D eigenvalue weighted by Gasteiger charge is 2.26. The molecule has 0 aromatic heterocycles. The van der Waals surface area contributed by atoms with Gasteiger partial charge in [0.05, 0.1) is 6.61 Å². The molecule has 1 atom stereocenters. The molecule has 1 N–H and O–H groups in total. The van der Waals surface area contributed by atoms with E-state index in [0.717, 1.165) is 25.7 Å². The fraction of sp³-hybridized carbons (Fsp3) is 1.00. The van der Waals surface area contributed by atoms with Crippen LogP contribution in [0.15, 0.2) is 0 Å². The average Bonchev–Trinajstić information content (AvgIpc) is 2.24. The first-order valence-electron chi connectivity index (χ1n) is 6.12. The van der Waals surface area contributed by atoms with Crippen molar-refractivity contribution in [3.05, 3.63) is 0 Å². The van der Waals surface area contributed by atoms with Crippen molar-refractivity contribution in [1.82, 2.24) is 0 Å². The van der Waals surface area contributed by atoms with E-state index in [2.05, 4.69) is 13.8 Å². The maximum atomic E-state index is 10.2. The van der Waals surface area contributed by atoms with Crippen molar-refractivity contribution in [3.63, 3.8) is 0 Å². The zero-order chi connectivity index (χ0) is 11.6. The summed E-state index contributed by atoms with van der Waals surface area (Å²) >= 11 is 0. The number of ether oxygens (including phenoxy) is 2. The molecule has 0 spiro atoms. The van der Waals surface area contributed by atoms with Gasteiger partial charge in [-0.25, -0.2) is 0 Å². The lowest BCUT2D eigenvalue weighted by Crippen LogP contribution is -2.38. The molecule has 0 fully saturated rings. The molecule has 3 heteroatoms. The second kappa shape index (κ2) is 9.13. The van der Waals surface area contributed by atoms with Crippen LogP contribution in [0.2, 0.25) is 0 Å².